The Morgan fingerprint density at radius 3 is 2.40 bits per heavy atom. The van der Waals surface area contributed by atoms with Gasteiger partial charge in [-0.05, 0) is 26.8 Å². The Morgan fingerprint density at radius 1 is 1.30 bits per heavy atom. The molecule has 112 valence electrons. The highest BCUT2D eigenvalue weighted by molar-refractivity contribution is 7.89. The van der Waals surface area contributed by atoms with Crippen molar-refractivity contribution in [1.82, 2.24) is 19.6 Å². The van der Waals surface area contributed by atoms with Crippen molar-refractivity contribution in [2.45, 2.75) is 30.2 Å². The minimum atomic E-state index is -3.88. The Balaban J connectivity index is 2.29. The van der Waals surface area contributed by atoms with Crippen LogP contribution in [0.4, 0.5) is 0 Å². The van der Waals surface area contributed by atoms with Crippen LogP contribution >= 0.6 is 0 Å². The molecule has 1 aliphatic heterocycles. The molecule has 0 unspecified atom stereocenters. The van der Waals surface area contributed by atoms with E-state index in [0.29, 0.717) is 25.9 Å². The van der Waals surface area contributed by atoms with Crippen molar-refractivity contribution in [3.63, 3.8) is 0 Å². The molecule has 2 rings (SSSR count). The van der Waals surface area contributed by atoms with Crippen LogP contribution in [0.5, 0.6) is 0 Å². The van der Waals surface area contributed by atoms with E-state index < -0.39 is 26.2 Å². The maximum absolute atomic E-state index is 12.4. The fraction of sp³-hybridized carbons (Fsp3) is 0.636. The lowest BCUT2D eigenvalue weighted by Gasteiger charge is -2.38. The summed E-state index contributed by atoms with van der Waals surface area (Å²) in [5, 5.41) is 3.17. The summed E-state index contributed by atoms with van der Waals surface area (Å²) in [5.41, 5.74) is -1.71. The van der Waals surface area contributed by atoms with E-state index >= 15 is 0 Å². The van der Waals surface area contributed by atoms with E-state index in [1.54, 1.807) is 0 Å². The monoisotopic (exact) mass is 302 g/mol. The van der Waals surface area contributed by atoms with Gasteiger partial charge in [0.15, 0.2) is 4.90 Å². The number of hydrogen-bond acceptors (Lipinski definition) is 5. The van der Waals surface area contributed by atoms with Crippen LogP contribution < -0.4 is 16.6 Å². The smallest absolute Gasteiger partial charge is 0.314 e. The third kappa shape index (κ3) is 2.69. The van der Waals surface area contributed by atoms with Gasteiger partial charge >= 0.3 is 5.69 Å². The largest absolute Gasteiger partial charge is 0.325 e. The molecule has 1 aromatic rings. The van der Waals surface area contributed by atoms with Crippen LogP contribution in [0.25, 0.3) is 0 Å². The molecule has 2 heterocycles. The molecule has 0 aliphatic carbocycles. The van der Waals surface area contributed by atoms with Gasteiger partial charge in [0.2, 0.25) is 10.0 Å². The van der Waals surface area contributed by atoms with E-state index in [4.69, 9.17) is 0 Å². The highest BCUT2D eigenvalue weighted by Gasteiger charge is 2.35. The molecule has 0 aromatic carbocycles. The maximum Gasteiger partial charge on any atom is 0.325 e. The summed E-state index contributed by atoms with van der Waals surface area (Å²) >= 11 is 0. The number of nitrogens with zero attached hydrogens (tertiary/aromatic N) is 1. The van der Waals surface area contributed by atoms with Gasteiger partial charge in [0.1, 0.15) is 0 Å². The van der Waals surface area contributed by atoms with Crippen molar-refractivity contribution in [2.75, 3.05) is 20.1 Å². The summed E-state index contributed by atoms with van der Waals surface area (Å²) in [6.45, 7) is 2.69. The minimum Gasteiger partial charge on any atom is -0.314 e. The number of aromatic amines is 2. The van der Waals surface area contributed by atoms with Crippen molar-refractivity contribution < 1.29 is 8.42 Å². The molecule has 1 saturated heterocycles. The molecule has 0 atom stereocenters. The fourth-order valence-electron chi connectivity index (χ4n) is 2.20. The first-order valence-corrected chi connectivity index (χ1v) is 7.74. The summed E-state index contributed by atoms with van der Waals surface area (Å²) in [5.74, 6) is 0. The minimum absolute atomic E-state index is 0.0938. The lowest BCUT2D eigenvalue weighted by Crippen LogP contribution is -2.51. The van der Waals surface area contributed by atoms with Crippen molar-refractivity contribution in [3.05, 3.63) is 27.0 Å². The van der Waals surface area contributed by atoms with Gasteiger partial charge in [-0.25, -0.2) is 13.2 Å². The van der Waals surface area contributed by atoms with Crippen LogP contribution in [0.2, 0.25) is 0 Å². The van der Waals surface area contributed by atoms with Crippen molar-refractivity contribution in [3.8, 4) is 0 Å². The molecule has 0 radical (unpaired) electrons. The molecule has 9 heteroatoms. The lowest BCUT2D eigenvalue weighted by atomic mass is 9.91. The van der Waals surface area contributed by atoms with Gasteiger partial charge in [-0.15, -0.1) is 0 Å². The third-order valence-electron chi connectivity index (χ3n) is 3.83. The van der Waals surface area contributed by atoms with Crippen LogP contribution in [0.15, 0.2) is 20.7 Å². The first-order valence-electron chi connectivity index (χ1n) is 6.30. The van der Waals surface area contributed by atoms with Gasteiger partial charge in [0.25, 0.3) is 5.56 Å². The Hall–Kier alpha value is -1.45. The molecule has 20 heavy (non-hydrogen) atoms. The number of sulfonamides is 1. The second kappa shape index (κ2) is 5.15. The predicted molar refractivity (Wildman–Crippen MR) is 73.1 cm³/mol. The Bertz CT molecular complexity index is 698. The average molecular weight is 302 g/mol. The van der Waals surface area contributed by atoms with Crippen molar-refractivity contribution in [2.24, 2.45) is 0 Å². The summed E-state index contributed by atoms with van der Waals surface area (Å²) in [7, 11) is -2.03. The molecule has 0 saturated carbocycles. The van der Waals surface area contributed by atoms with E-state index in [0.717, 1.165) is 6.20 Å². The van der Waals surface area contributed by atoms with Crippen LogP contribution in [0, 0.1) is 0 Å². The zero-order valence-electron chi connectivity index (χ0n) is 11.4. The SMILES string of the molecule is CNC1(C)CCN(S(=O)(=O)c2c[nH]c(=O)[nH]c2=O)CC1. The normalized spacial score (nSPS) is 19.9. The topological polar surface area (TPSA) is 115 Å². The van der Waals surface area contributed by atoms with Gasteiger partial charge in [-0.3, -0.25) is 9.78 Å². The number of hydrogen-bond donors (Lipinski definition) is 3. The third-order valence-corrected chi connectivity index (χ3v) is 5.74. The Kier molecular flexibility index (Phi) is 3.85. The molecule has 0 spiro atoms. The van der Waals surface area contributed by atoms with Gasteiger partial charge in [-0.2, -0.15) is 4.31 Å². The van der Waals surface area contributed by atoms with Gasteiger partial charge in [0, 0.05) is 24.8 Å². The number of aromatic nitrogens is 2. The first kappa shape index (κ1) is 14.9. The summed E-state index contributed by atoms with van der Waals surface area (Å²) in [6.07, 6.45) is 2.26. The number of rotatable bonds is 3. The predicted octanol–water partition coefficient (Wildman–Crippen LogP) is -1.17. The maximum atomic E-state index is 12.4. The van der Waals surface area contributed by atoms with Crippen LogP contribution in [-0.4, -0.2) is 48.4 Å². The van der Waals surface area contributed by atoms with E-state index in [2.05, 4.69) is 10.3 Å². The van der Waals surface area contributed by atoms with Gasteiger partial charge in [0.05, 0.1) is 0 Å². The lowest BCUT2D eigenvalue weighted by molar-refractivity contribution is 0.219. The molecule has 0 bridgehead atoms. The molecule has 1 aliphatic rings. The highest BCUT2D eigenvalue weighted by atomic mass is 32.2. The summed E-state index contributed by atoms with van der Waals surface area (Å²) in [4.78, 5) is 26.2. The molecule has 8 nitrogen and oxygen atoms in total. The van der Waals surface area contributed by atoms with Crippen molar-refractivity contribution >= 4 is 10.0 Å². The number of nitrogens with one attached hydrogen (secondary N) is 3. The summed E-state index contributed by atoms with van der Waals surface area (Å²) < 4.78 is 26.0. The van der Waals surface area contributed by atoms with Crippen molar-refractivity contribution in [1.29, 1.82) is 0 Å². The van der Waals surface area contributed by atoms with E-state index in [9.17, 15) is 18.0 Å². The second-order valence-electron chi connectivity index (χ2n) is 5.15. The van der Waals surface area contributed by atoms with E-state index in [-0.39, 0.29) is 5.54 Å². The number of piperidine rings is 1. The molecular weight excluding hydrogens is 284 g/mol. The second-order valence-corrected chi connectivity index (χ2v) is 7.06. The molecule has 0 amide bonds. The Morgan fingerprint density at radius 2 is 1.90 bits per heavy atom. The highest BCUT2D eigenvalue weighted by Crippen LogP contribution is 2.24. The van der Waals surface area contributed by atoms with Gasteiger partial charge < -0.3 is 10.3 Å². The van der Waals surface area contributed by atoms with Crippen LogP contribution in [0.3, 0.4) is 0 Å². The summed E-state index contributed by atoms with van der Waals surface area (Å²) in [6, 6.07) is 0. The van der Waals surface area contributed by atoms with E-state index in [1.807, 2.05) is 19.0 Å². The van der Waals surface area contributed by atoms with Gasteiger partial charge in [-0.1, -0.05) is 0 Å². The van der Waals surface area contributed by atoms with Crippen LogP contribution in [0.1, 0.15) is 19.8 Å². The van der Waals surface area contributed by atoms with E-state index in [1.165, 1.54) is 4.31 Å². The first-order chi connectivity index (χ1) is 9.28. The molecular formula is C11H18N4O4S. The molecule has 3 N–H and O–H groups in total. The quantitative estimate of drug-likeness (QED) is 0.650. The number of H-pyrrole nitrogens is 2. The zero-order valence-corrected chi connectivity index (χ0v) is 12.2. The standard InChI is InChI=1S/C11H18N4O4S/c1-11(12-2)3-5-15(6-4-11)20(18,19)8-7-13-10(17)14-9(8)16/h7,12H,3-6H2,1-2H3,(H2,13,14,16,17). The zero-order chi connectivity index (χ0) is 15.0. The molecule has 1 fully saturated rings. The Labute approximate surface area is 116 Å². The molecule has 1 aromatic heterocycles. The van der Waals surface area contributed by atoms with Crippen LogP contribution in [-0.2, 0) is 10.0 Å². The fourth-order valence-corrected chi connectivity index (χ4v) is 3.63. The average Bonchev–Trinajstić information content (AvgIpc) is 2.39.